The highest BCUT2D eigenvalue weighted by atomic mass is 35.5. The molecule has 0 fully saturated rings. The van der Waals surface area contributed by atoms with E-state index in [-0.39, 0.29) is 5.41 Å². The Kier molecular flexibility index (Phi) is 3.30. The molecule has 0 saturated heterocycles. The molecule has 1 aromatic carbocycles. The van der Waals surface area contributed by atoms with Gasteiger partial charge in [0.2, 0.25) is 0 Å². The highest BCUT2D eigenvalue weighted by Crippen LogP contribution is 2.30. The first-order chi connectivity index (χ1) is 7.96. The van der Waals surface area contributed by atoms with E-state index in [1.54, 1.807) is 0 Å². The first-order valence-electron chi connectivity index (χ1n) is 5.86. The fourth-order valence-electron chi connectivity index (χ4n) is 1.95. The van der Waals surface area contributed by atoms with Crippen LogP contribution >= 0.6 is 11.6 Å². The Balaban J connectivity index is 2.32. The third-order valence-corrected chi connectivity index (χ3v) is 2.87. The zero-order valence-electron chi connectivity index (χ0n) is 10.6. The molecule has 0 amide bonds. The first-order valence-corrected chi connectivity index (χ1v) is 6.24. The van der Waals surface area contributed by atoms with E-state index in [2.05, 4.69) is 43.7 Å². The number of hydrogen-bond donors (Lipinski definition) is 0. The predicted octanol–water partition coefficient (Wildman–Crippen LogP) is 4.85. The summed E-state index contributed by atoms with van der Waals surface area (Å²) in [5.74, 6) is 0. The number of aromatic nitrogens is 1. The van der Waals surface area contributed by atoms with E-state index in [0.29, 0.717) is 0 Å². The van der Waals surface area contributed by atoms with Crippen LogP contribution in [0, 0.1) is 5.41 Å². The van der Waals surface area contributed by atoms with Crippen molar-refractivity contribution in [2.24, 2.45) is 5.41 Å². The lowest BCUT2D eigenvalue weighted by Crippen LogP contribution is -2.13. The Morgan fingerprint density at radius 1 is 1.06 bits per heavy atom. The van der Waals surface area contributed by atoms with E-state index in [1.165, 1.54) is 5.56 Å². The van der Waals surface area contributed by atoms with Crippen molar-refractivity contribution in [1.82, 2.24) is 4.57 Å². The Hall–Kier alpha value is -1.21. The zero-order valence-corrected chi connectivity index (χ0v) is 11.3. The third kappa shape index (κ3) is 3.13. The predicted molar refractivity (Wildman–Crippen MR) is 74.3 cm³/mol. The summed E-state index contributed by atoms with van der Waals surface area (Å²) in [4.78, 5) is 0. The van der Waals surface area contributed by atoms with Crippen LogP contribution in [0.3, 0.4) is 0 Å². The molecule has 0 spiro atoms. The molecular weight excluding hydrogens is 230 g/mol. The molecule has 2 aromatic rings. The Morgan fingerprint density at radius 2 is 1.71 bits per heavy atom. The zero-order chi connectivity index (χ0) is 12.5. The van der Waals surface area contributed by atoms with Gasteiger partial charge >= 0.3 is 0 Å². The largest absolute Gasteiger partial charge is 0.352 e. The Bertz CT molecular complexity index is 491. The number of halogens is 1. The molecule has 0 bridgehead atoms. The topological polar surface area (TPSA) is 4.93 Å². The Labute approximate surface area is 108 Å². The molecule has 1 heterocycles. The lowest BCUT2D eigenvalue weighted by molar-refractivity contribution is 0.344. The molecule has 0 unspecified atom stereocenters. The third-order valence-electron chi connectivity index (χ3n) is 2.57. The minimum Gasteiger partial charge on any atom is -0.352 e. The van der Waals surface area contributed by atoms with E-state index >= 15 is 0 Å². The van der Waals surface area contributed by atoms with Gasteiger partial charge in [-0.05, 0) is 11.0 Å². The van der Waals surface area contributed by atoms with Gasteiger partial charge in [0.15, 0.2) is 0 Å². The second kappa shape index (κ2) is 4.58. The molecule has 0 saturated carbocycles. The maximum atomic E-state index is 6.29. The van der Waals surface area contributed by atoms with Gasteiger partial charge in [0, 0.05) is 24.5 Å². The van der Waals surface area contributed by atoms with E-state index in [1.807, 2.05) is 24.4 Å². The second-order valence-electron chi connectivity index (χ2n) is 5.62. The monoisotopic (exact) mass is 247 g/mol. The fourth-order valence-corrected chi connectivity index (χ4v) is 2.23. The van der Waals surface area contributed by atoms with Gasteiger partial charge < -0.3 is 4.57 Å². The summed E-state index contributed by atoms with van der Waals surface area (Å²) in [5, 5.41) is 0.820. The van der Waals surface area contributed by atoms with Crippen molar-refractivity contribution in [3.8, 4) is 11.1 Å². The summed E-state index contributed by atoms with van der Waals surface area (Å²) >= 11 is 6.29. The van der Waals surface area contributed by atoms with E-state index in [4.69, 9.17) is 11.6 Å². The van der Waals surface area contributed by atoms with Crippen molar-refractivity contribution in [1.29, 1.82) is 0 Å². The average Bonchev–Trinajstić information content (AvgIpc) is 2.58. The van der Waals surface area contributed by atoms with Gasteiger partial charge in [-0.1, -0.05) is 62.7 Å². The van der Waals surface area contributed by atoms with Crippen LogP contribution in [0.25, 0.3) is 11.1 Å². The van der Waals surface area contributed by atoms with Crippen molar-refractivity contribution < 1.29 is 0 Å². The van der Waals surface area contributed by atoms with Gasteiger partial charge in [-0.25, -0.2) is 0 Å². The van der Waals surface area contributed by atoms with Crippen LogP contribution in [0.2, 0.25) is 5.02 Å². The molecule has 0 aliphatic rings. The highest BCUT2D eigenvalue weighted by Gasteiger charge is 2.13. The number of benzene rings is 1. The van der Waals surface area contributed by atoms with Crippen LogP contribution in [0.4, 0.5) is 0 Å². The van der Waals surface area contributed by atoms with Crippen molar-refractivity contribution in [3.05, 3.63) is 47.7 Å². The lowest BCUT2D eigenvalue weighted by Gasteiger charge is -2.18. The van der Waals surface area contributed by atoms with Crippen LogP contribution < -0.4 is 0 Å². The molecule has 2 rings (SSSR count). The van der Waals surface area contributed by atoms with Crippen LogP contribution in [0.15, 0.2) is 42.7 Å². The van der Waals surface area contributed by atoms with Gasteiger partial charge in [0.1, 0.15) is 0 Å². The van der Waals surface area contributed by atoms with Crippen LogP contribution in [0.5, 0.6) is 0 Å². The molecule has 0 radical (unpaired) electrons. The van der Waals surface area contributed by atoms with Crippen LogP contribution in [-0.2, 0) is 6.54 Å². The molecule has 17 heavy (non-hydrogen) atoms. The molecule has 1 aromatic heterocycles. The smallest absolute Gasteiger partial charge is 0.0661 e. The summed E-state index contributed by atoms with van der Waals surface area (Å²) in [7, 11) is 0. The molecular formula is C15H18ClN. The average molecular weight is 248 g/mol. The minimum atomic E-state index is 0.260. The molecule has 0 N–H and O–H groups in total. The molecule has 2 heteroatoms. The Morgan fingerprint density at radius 3 is 2.29 bits per heavy atom. The van der Waals surface area contributed by atoms with Crippen molar-refractivity contribution in [2.45, 2.75) is 27.3 Å². The normalized spacial score (nSPS) is 11.8. The maximum absolute atomic E-state index is 6.29. The van der Waals surface area contributed by atoms with Gasteiger partial charge in [-0.3, -0.25) is 0 Å². The van der Waals surface area contributed by atoms with Gasteiger partial charge in [-0.15, -0.1) is 0 Å². The molecule has 0 aliphatic heterocycles. The summed E-state index contributed by atoms with van der Waals surface area (Å²) in [6, 6.07) is 10.3. The fraction of sp³-hybridized carbons (Fsp3) is 0.333. The maximum Gasteiger partial charge on any atom is 0.0661 e. The van der Waals surface area contributed by atoms with Gasteiger partial charge in [0.25, 0.3) is 0 Å². The minimum absolute atomic E-state index is 0.260. The number of nitrogens with zero attached hydrogens (tertiary/aromatic N) is 1. The number of rotatable bonds is 2. The summed E-state index contributed by atoms with van der Waals surface area (Å²) in [6.07, 6.45) is 4.14. The van der Waals surface area contributed by atoms with Crippen LogP contribution in [0.1, 0.15) is 20.8 Å². The quantitative estimate of drug-likeness (QED) is 0.715. The summed E-state index contributed by atoms with van der Waals surface area (Å²) in [6.45, 7) is 7.65. The van der Waals surface area contributed by atoms with Crippen LogP contribution in [-0.4, -0.2) is 4.57 Å². The molecule has 0 aliphatic carbocycles. The van der Waals surface area contributed by atoms with E-state index in [9.17, 15) is 0 Å². The van der Waals surface area contributed by atoms with E-state index in [0.717, 1.165) is 17.1 Å². The van der Waals surface area contributed by atoms with Crippen molar-refractivity contribution in [2.75, 3.05) is 0 Å². The molecule has 1 nitrogen and oxygen atoms in total. The molecule has 90 valence electrons. The first kappa shape index (κ1) is 12.3. The number of hydrogen-bond acceptors (Lipinski definition) is 0. The SMILES string of the molecule is CC(C)(C)Cn1cc(Cl)c(-c2ccccc2)c1. The van der Waals surface area contributed by atoms with Gasteiger partial charge in [0.05, 0.1) is 5.02 Å². The summed E-state index contributed by atoms with van der Waals surface area (Å²) < 4.78 is 2.17. The van der Waals surface area contributed by atoms with Gasteiger partial charge in [-0.2, -0.15) is 0 Å². The standard InChI is InChI=1S/C15H18ClN/c1-15(2,3)11-17-9-13(14(16)10-17)12-7-5-4-6-8-12/h4-10H,11H2,1-3H3. The van der Waals surface area contributed by atoms with E-state index < -0.39 is 0 Å². The molecule has 0 atom stereocenters. The van der Waals surface area contributed by atoms with Crippen molar-refractivity contribution >= 4 is 11.6 Å². The highest BCUT2D eigenvalue weighted by molar-refractivity contribution is 6.33. The second-order valence-corrected chi connectivity index (χ2v) is 6.03. The lowest BCUT2D eigenvalue weighted by atomic mass is 9.97. The summed E-state index contributed by atoms with van der Waals surface area (Å²) in [5.41, 5.74) is 2.54. The van der Waals surface area contributed by atoms with Crippen molar-refractivity contribution in [3.63, 3.8) is 0 Å².